The van der Waals surface area contributed by atoms with Crippen LogP contribution in [0.4, 0.5) is 10.2 Å². The lowest BCUT2D eigenvalue weighted by Gasteiger charge is -2.16. The molecule has 1 fully saturated rings. The van der Waals surface area contributed by atoms with Crippen molar-refractivity contribution in [3.63, 3.8) is 0 Å². The number of hydrogen-bond acceptors (Lipinski definition) is 4. The molecule has 0 amide bonds. The smallest absolute Gasteiger partial charge is 0.196 e. The highest BCUT2D eigenvalue weighted by molar-refractivity contribution is 6.06. The maximum atomic E-state index is 13.5. The predicted octanol–water partition coefficient (Wildman–Crippen LogP) is 4.32. The molecule has 5 heteroatoms. The fourth-order valence-electron chi connectivity index (χ4n) is 3.14. The summed E-state index contributed by atoms with van der Waals surface area (Å²) in [7, 11) is 0. The van der Waals surface area contributed by atoms with Gasteiger partial charge in [0.25, 0.3) is 0 Å². The van der Waals surface area contributed by atoms with Gasteiger partial charge in [0.2, 0.25) is 0 Å². The number of fused-ring (bicyclic) bond motifs is 3. The number of furan rings is 1. The van der Waals surface area contributed by atoms with E-state index in [0.29, 0.717) is 16.7 Å². The summed E-state index contributed by atoms with van der Waals surface area (Å²) in [5, 5.41) is 0.922. The summed E-state index contributed by atoms with van der Waals surface area (Å²) < 4.78 is 19.5. The van der Waals surface area contributed by atoms with Gasteiger partial charge in [-0.1, -0.05) is 6.07 Å². The van der Waals surface area contributed by atoms with E-state index in [-0.39, 0.29) is 0 Å². The molecule has 0 saturated carbocycles. The molecule has 22 heavy (non-hydrogen) atoms. The van der Waals surface area contributed by atoms with Gasteiger partial charge in [-0.25, -0.2) is 14.4 Å². The molecule has 3 aromatic rings. The summed E-state index contributed by atoms with van der Waals surface area (Å²) in [6, 6.07) is 5.46. The maximum absolute atomic E-state index is 13.5. The minimum atomic E-state index is -1.01. The van der Waals surface area contributed by atoms with Crippen LogP contribution in [0.2, 0.25) is 0 Å². The van der Waals surface area contributed by atoms with Crippen LogP contribution in [0.15, 0.2) is 22.6 Å². The van der Waals surface area contributed by atoms with Crippen molar-refractivity contribution in [1.82, 2.24) is 9.97 Å². The molecular formula is C17H18FN3O. The van der Waals surface area contributed by atoms with E-state index in [4.69, 9.17) is 4.42 Å². The molecule has 3 heterocycles. The Morgan fingerprint density at radius 1 is 1.23 bits per heavy atom. The van der Waals surface area contributed by atoms with Gasteiger partial charge >= 0.3 is 0 Å². The zero-order valence-electron chi connectivity index (χ0n) is 12.8. The van der Waals surface area contributed by atoms with Crippen molar-refractivity contribution < 1.29 is 8.81 Å². The van der Waals surface area contributed by atoms with Crippen molar-refractivity contribution in [3.8, 4) is 0 Å². The summed E-state index contributed by atoms with van der Waals surface area (Å²) >= 11 is 0. The van der Waals surface area contributed by atoms with Crippen molar-refractivity contribution in [3.05, 3.63) is 29.6 Å². The van der Waals surface area contributed by atoms with E-state index in [1.807, 2.05) is 13.0 Å². The van der Waals surface area contributed by atoms with Crippen LogP contribution in [0.1, 0.15) is 37.3 Å². The van der Waals surface area contributed by atoms with Crippen molar-refractivity contribution in [2.75, 3.05) is 18.0 Å². The molecular weight excluding hydrogens is 281 g/mol. The summed E-state index contributed by atoms with van der Waals surface area (Å²) in [4.78, 5) is 11.4. The van der Waals surface area contributed by atoms with E-state index < -0.39 is 6.17 Å². The van der Waals surface area contributed by atoms with Gasteiger partial charge in [0.05, 0.1) is 0 Å². The quantitative estimate of drug-likeness (QED) is 0.707. The van der Waals surface area contributed by atoms with Crippen LogP contribution >= 0.6 is 0 Å². The summed E-state index contributed by atoms with van der Waals surface area (Å²) in [5.74, 6) is 1.60. The van der Waals surface area contributed by atoms with Gasteiger partial charge in [-0.2, -0.15) is 0 Å². The maximum Gasteiger partial charge on any atom is 0.196 e. The van der Waals surface area contributed by atoms with E-state index in [1.165, 1.54) is 19.8 Å². The zero-order valence-corrected chi connectivity index (χ0v) is 12.8. The largest absolute Gasteiger partial charge is 0.450 e. The molecule has 1 aromatic carbocycles. The number of aryl methyl sites for hydroxylation is 1. The first-order chi connectivity index (χ1) is 10.6. The Bertz CT molecular complexity index is 850. The van der Waals surface area contributed by atoms with Gasteiger partial charge in [-0.3, -0.25) is 0 Å². The number of anilines is 1. The average molecular weight is 299 g/mol. The third kappa shape index (κ3) is 2.03. The Kier molecular flexibility index (Phi) is 3.03. The van der Waals surface area contributed by atoms with Crippen molar-refractivity contribution in [1.29, 1.82) is 0 Å². The molecule has 1 aliphatic heterocycles. The van der Waals surface area contributed by atoms with Gasteiger partial charge < -0.3 is 9.32 Å². The van der Waals surface area contributed by atoms with E-state index in [1.54, 1.807) is 12.1 Å². The molecule has 1 saturated heterocycles. The van der Waals surface area contributed by atoms with Gasteiger partial charge in [-0.05, 0) is 44.4 Å². The number of benzene rings is 1. The standard InChI is InChI=1S/C17H18FN3O/c1-10(18)12-5-6-13-14(9-12)22-16-15(13)19-11(2)20-17(16)21-7-3-4-8-21/h5-6,9-10H,3-4,7-8H2,1-2H3. The molecule has 2 aromatic heterocycles. The third-order valence-electron chi connectivity index (χ3n) is 4.30. The second kappa shape index (κ2) is 4.93. The second-order valence-electron chi connectivity index (χ2n) is 5.94. The SMILES string of the molecule is Cc1nc(N2CCCC2)c2oc3cc(C(C)F)ccc3c2n1. The van der Waals surface area contributed by atoms with Crippen LogP contribution in [0.5, 0.6) is 0 Å². The minimum Gasteiger partial charge on any atom is -0.450 e. The highest BCUT2D eigenvalue weighted by atomic mass is 19.1. The van der Waals surface area contributed by atoms with Gasteiger partial charge in [0, 0.05) is 18.5 Å². The first-order valence-electron chi connectivity index (χ1n) is 7.73. The summed E-state index contributed by atoms with van der Waals surface area (Å²) in [6.07, 6.45) is 1.34. The highest BCUT2D eigenvalue weighted by Crippen LogP contribution is 2.35. The van der Waals surface area contributed by atoms with Gasteiger partial charge in [-0.15, -0.1) is 0 Å². The molecule has 114 valence electrons. The third-order valence-corrected chi connectivity index (χ3v) is 4.30. The van der Waals surface area contributed by atoms with E-state index in [2.05, 4.69) is 14.9 Å². The highest BCUT2D eigenvalue weighted by Gasteiger charge is 2.22. The van der Waals surface area contributed by atoms with Crippen molar-refractivity contribution in [2.45, 2.75) is 32.9 Å². The van der Waals surface area contributed by atoms with Crippen molar-refractivity contribution >= 4 is 27.9 Å². The number of alkyl halides is 1. The Morgan fingerprint density at radius 2 is 2.00 bits per heavy atom. The fourth-order valence-corrected chi connectivity index (χ4v) is 3.14. The summed E-state index contributed by atoms with van der Waals surface area (Å²) in [6.45, 7) is 5.42. The number of aromatic nitrogens is 2. The van der Waals surface area contributed by atoms with Gasteiger partial charge in [0.15, 0.2) is 11.4 Å². The van der Waals surface area contributed by atoms with Crippen molar-refractivity contribution in [2.24, 2.45) is 0 Å². The Morgan fingerprint density at radius 3 is 2.73 bits per heavy atom. The fraction of sp³-hybridized carbons (Fsp3) is 0.412. The molecule has 1 aliphatic rings. The molecule has 4 nitrogen and oxygen atoms in total. The Balaban J connectivity index is 1.99. The average Bonchev–Trinajstić information content (AvgIpc) is 3.13. The van der Waals surface area contributed by atoms with Crippen LogP contribution < -0.4 is 4.90 Å². The Hall–Kier alpha value is -2.17. The number of halogens is 1. The number of rotatable bonds is 2. The second-order valence-corrected chi connectivity index (χ2v) is 5.94. The van der Waals surface area contributed by atoms with E-state index >= 15 is 0 Å². The molecule has 1 unspecified atom stereocenters. The molecule has 0 spiro atoms. The molecule has 0 N–H and O–H groups in total. The van der Waals surface area contributed by atoms with Crippen LogP contribution in [0, 0.1) is 6.92 Å². The monoisotopic (exact) mass is 299 g/mol. The molecule has 0 aliphatic carbocycles. The van der Waals surface area contributed by atoms with Crippen LogP contribution in [0.25, 0.3) is 22.1 Å². The first kappa shape index (κ1) is 13.5. The summed E-state index contributed by atoms with van der Waals surface area (Å²) in [5.41, 5.74) is 2.84. The number of nitrogens with zero attached hydrogens (tertiary/aromatic N) is 3. The van der Waals surface area contributed by atoms with E-state index in [0.717, 1.165) is 35.6 Å². The lowest BCUT2D eigenvalue weighted by Crippen LogP contribution is -2.19. The molecule has 0 radical (unpaired) electrons. The number of hydrogen-bond donors (Lipinski definition) is 0. The molecule has 0 bridgehead atoms. The molecule has 4 rings (SSSR count). The van der Waals surface area contributed by atoms with Crippen LogP contribution in [0.3, 0.4) is 0 Å². The lowest BCUT2D eigenvalue weighted by atomic mass is 10.1. The Labute approximate surface area is 128 Å². The first-order valence-corrected chi connectivity index (χ1v) is 7.73. The van der Waals surface area contributed by atoms with E-state index in [9.17, 15) is 4.39 Å². The normalized spacial score (nSPS) is 16.8. The van der Waals surface area contributed by atoms with Gasteiger partial charge in [0.1, 0.15) is 23.1 Å². The molecule has 1 atom stereocenters. The minimum absolute atomic E-state index is 0.624. The van der Waals surface area contributed by atoms with Crippen LogP contribution in [-0.4, -0.2) is 23.1 Å². The predicted molar refractivity (Wildman–Crippen MR) is 85.0 cm³/mol. The zero-order chi connectivity index (χ0) is 15.3. The van der Waals surface area contributed by atoms with Crippen LogP contribution in [-0.2, 0) is 0 Å². The topological polar surface area (TPSA) is 42.2 Å². The lowest BCUT2D eigenvalue weighted by molar-refractivity contribution is 0.374.